The largest absolute Gasteiger partial charge is 0.370 e. The van der Waals surface area contributed by atoms with Crippen LogP contribution in [-0.2, 0) is 0 Å². The molecule has 2 aliphatic carbocycles. The molecule has 4 N–H and O–H groups in total. The summed E-state index contributed by atoms with van der Waals surface area (Å²) in [7, 11) is 2.05. The molecule has 0 aromatic carbocycles. The van der Waals surface area contributed by atoms with E-state index in [0.717, 1.165) is 36.9 Å². The highest BCUT2D eigenvalue weighted by Crippen LogP contribution is 2.35. The first-order valence-corrected chi connectivity index (χ1v) is 10.9. The second-order valence-electron chi connectivity index (χ2n) is 9.13. The minimum atomic E-state index is 0.0483. The van der Waals surface area contributed by atoms with Crippen LogP contribution in [0.25, 0.3) is 0 Å². The van der Waals surface area contributed by atoms with Crippen LogP contribution in [-0.4, -0.2) is 54.3 Å². The third kappa shape index (κ3) is 6.11. The summed E-state index contributed by atoms with van der Waals surface area (Å²) in [5.41, 5.74) is 10.9. The maximum absolute atomic E-state index is 6.27. The molecule has 3 rings (SSSR count). The molecule has 6 nitrogen and oxygen atoms in total. The first-order valence-electron chi connectivity index (χ1n) is 10.9. The van der Waals surface area contributed by atoms with Gasteiger partial charge in [0, 0.05) is 18.8 Å². The zero-order chi connectivity index (χ0) is 19.4. The molecule has 0 aromatic rings. The Morgan fingerprint density at radius 2 is 1.85 bits per heavy atom. The minimum Gasteiger partial charge on any atom is -0.370 e. The monoisotopic (exact) mass is 376 g/mol. The number of nitrogens with zero attached hydrogens (tertiary/aromatic N) is 3. The van der Waals surface area contributed by atoms with E-state index in [1.165, 1.54) is 45.2 Å². The van der Waals surface area contributed by atoms with Gasteiger partial charge in [-0.25, -0.2) is 5.43 Å². The maximum atomic E-state index is 6.27. The first-order chi connectivity index (χ1) is 12.9. The number of likely N-dealkylation sites (tertiary alicyclic amines) is 1. The Hall–Kier alpha value is -1.27. The number of nitrogens with two attached hydrogens (primary N) is 1. The van der Waals surface area contributed by atoms with E-state index in [2.05, 4.69) is 41.1 Å². The summed E-state index contributed by atoms with van der Waals surface area (Å²) in [5.74, 6) is 1.79. The number of allylic oxidation sites excluding steroid dienone is 1. The van der Waals surface area contributed by atoms with Crippen molar-refractivity contribution in [1.29, 1.82) is 0 Å². The number of hydrazine groups is 1. The van der Waals surface area contributed by atoms with E-state index in [9.17, 15) is 0 Å². The first kappa shape index (κ1) is 20.5. The molecule has 0 aromatic heterocycles. The summed E-state index contributed by atoms with van der Waals surface area (Å²) >= 11 is 0. The smallest absolute Gasteiger partial charge is 0.190 e. The lowest BCUT2D eigenvalue weighted by Crippen LogP contribution is -2.56. The average molecular weight is 377 g/mol. The van der Waals surface area contributed by atoms with Gasteiger partial charge in [-0.1, -0.05) is 20.4 Å². The van der Waals surface area contributed by atoms with Crippen molar-refractivity contribution in [2.24, 2.45) is 22.6 Å². The van der Waals surface area contributed by atoms with Crippen LogP contribution in [0.2, 0.25) is 0 Å². The molecule has 6 heteroatoms. The molecule has 0 bridgehead atoms. The Bertz CT molecular complexity index is 515. The molecular weight excluding hydrogens is 336 g/mol. The number of rotatable bonds is 9. The highest BCUT2D eigenvalue weighted by Gasteiger charge is 2.29. The summed E-state index contributed by atoms with van der Waals surface area (Å²) < 4.78 is 0. The molecule has 0 spiro atoms. The number of aliphatic imine (C=N–C) groups is 1. The molecule has 0 amide bonds. The van der Waals surface area contributed by atoms with Gasteiger partial charge in [0.25, 0.3) is 0 Å². The molecule has 1 heterocycles. The highest BCUT2D eigenvalue weighted by atomic mass is 15.5. The topological polar surface area (TPSA) is 68.9 Å². The van der Waals surface area contributed by atoms with Gasteiger partial charge < -0.3 is 21.0 Å². The van der Waals surface area contributed by atoms with E-state index < -0.39 is 0 Å². The Morgan fingerprint density at radius 3 is 2.37 bits per heavy atom. The van der Waals surface area contributed by atoms with Crippen molar-refractivity contribution in [3.8, 4) is 0 Å². The van der Waals surface area contributed by atoms with Crippen LogP contribution in [0, 0.1) is 11.8 Å². The molecule has 27 heavy (non-hydrogen) atoms. The fourth-order valence-electron chi connectivity index (χ4n) is 4.09. The van der Waals surface area contributed by atoms with Gasteiger partial charge in [0.1, 0.15) is 0 Å². The van der Waals surface area contributed by atoms with Gasteiger partial charge in [-0.15, -0.1) is 0 Å². The lowest BCUT2D eigenvalue weighted by atomic mass is 9.89. The van der Waals surface area contributed by atoms with Crippen molar-refractivity contribution < 1.29 is 0 Å². The fourth-order valence-corrected chi connectivity index (χ4v) is 4.09. The van der Waals surface area contributed by atoms with Crippen LogP contribution >= 0.6 is 0 Å². The van der Waals surface area contributed by atoms with Crippen molar-refractivity contribution in [1.82, 2.24) is 20.7 Å². The maximum Gasteiger partial charge on any atom is 0.190 e. The summed E-state index contributed by atoms with van der Waals surface area (Å²) in [6.45, 7) is 11.2. The summed E-state index contributed by atoms with van der Waals surface area (Å²) in [5, 5.41) is 5.46. The number of guanidine groups is 1. The lowest BCUT2D eigenvalue weighted by Gasteiger charge is -2.41. The summed E-state index contributed by atoms with van der Waals surface area (Å²) in [6, 6.07) is 1.15. The molecule has 154 valence electrons. The van der Waals surface area contributed by atoms with Gasteiger partial charge in [-0.05, 0) is 76.3 Å². The second kappa shape index (κ2) is 9.28. The highest BCUT2D eigenvalue weighted by molar-refractivity contribution is 5.78. The molecule has 2 saturated carbocycles. The lowest BCUT2D eigenvalue weighted by molar-refractivity contribution is 0.0875. The number of hydrogen-bond donors (Lipinski definition) is 3. The Balaban J connectivity index is 1.45. The van der Waals surface area contributed by atoms with E-state index in [1.54, 1.807) is 0 Å². The third-order valence-electron chi connectivity index (χ3n) is 6.39. The van der Waals surface area contributed by atoms with Gasteiger partial charge in [0.05, 0.1) is 12.2 Å². The van der Waals surface area contributed by atoms with E-state index in [0.29, 0.717) is 17.9 Å². The molecule has 0 radical (unpaired) electrons. The third-order valence-corrected chi connectivity index (χ3v) is 6.39. The molecule has 1 aliphatic heterocycles. The molecule has 3 fully saturated rings. The van der Waals surface area contributed by atoms with Crippen LogP contribution < -0.4 is 16.5 Å². The Kier molecular flexibility index (Phi) is 7.04. The normalized spacial score (nSPS) is 27.9. The number of hydrogen-bond acceptors (Lipinski definition) is 4. The van der Waals surface area contributed by atoms with Crippen molar-refractivity contribution in [2.75, 3.05) is 20.1 Å². The van der Waals surface area contributed by atoms with Gasteiger partial charge in [-0.2, -0.15) is 0 Å². The fraction of sp³-hybridized carbons (Fsp3) is 0.857. The molecular formula is C21H40N6. The molecule has 1 atom stereocenters. The van der Waals surface area contributed by atoms with Crippen LogP contribution in [0.4, 0.5) is 0 Å². The van der Waals surface area contributed by atoms with Gasteiger partial charge in [0.2, 0.25) is 0 Å². The van der Waals surface area contributed by atoms with Crippen molar-refractivity contribution in [3.63, 3.8) is 0 Å². The van der Waals surface area contributed by atoms with Gasteiger partial charge in [-0.3, -0.25) is 4.99 Å². The number of nitrogens with one attached hydrogen (secondary N) is 2. The van der Waals surface area contributed by atoms with Crippen LogP contribution in [0.3, 0.4) is 0 Å². The minimum absolute atomic E-state index is 0.0483. The van der Waals surface area contributed by atoms with Crippen LogP contribution in [0.5, 0.6) is 0 Å². The van der Waals surface area contributed by atoms with Crippen LogP contribution in [0.1, 0.15) is 65.2 Å². The molecule has 1 unspecified atom stereocenters. The van der Waals surface area contributed by atoms with Crippen molar-refractivity contribution >= 4 is 5.96 Å². The van der Waals surface area contributed by atoms with Gasteiger partial charge >= 0.3 is 0 Å². The van der Waals surface area contributed by atoms with Gasteiger partial charge in [0.15, 0.2) is 5.96 Å². The van der Waals surface area contributed by atoms with Crippen LogP contribution in [0.15, 0.2) is 17.3 Å². The summed E-state index contributed by atoms with van der Waals surface area (Å²) in [6.07, 6.45) is 10.0. The zero-order valence-electron chi connectivity index (χ0n) is 17.6. The predicted octanol–water partition coefficient (Wildman–Crippen LogP) is 2.64. The van der Waals surface area contributed by atoms with E-state index in [1.807, 2.05) is 7.05 Å². The Labute approximate surface area is 165 Å². The molecule has 1 saturated heterocycles. The van der Waals surface area contributed by atoms with E-state index in [4.69, 9.17) is 10.7 Å². The predicted molar refractivity (Wildman–Crippen MR) is 113 cm³/mol. The molecule has 3 aliphatic rings. The zero-order valence-corrected chi connectivity index (χ0v) is 17.6. The quantitative estimate of drug-likeness (QED) is 0.250. The van der Waals surface area contributed by atoms with E-state index in [-0.39, 0.29) is 6.17 Å². The second-order valence-corrected chi connectivity index (χ2v) is 9.13. The van der Waals surface area contributed by atoms with Crippen molar-refractivity contribution in [2.45, 2.75) is 83.5 Å². The summed E-state index contributed by atoms with van der Waals surface area (Å²) in [4.78, 5) is 7.42. The standard InChI is InChI=1S/C21H40N6/c1-15(2)20(25-26(4)16(3)14-17-6-7-17)24-21(22)23-18-8-10-19(11-9-18)27-12-5-13-27/h15,17-20,25H,3,5-14H2,1-2,4H3,(H3,22,23,24). The van der Waals surface area contributed by atoms with E-state index >= 15 is 0 Å². The van der Waals surface area contributed by atoms with Crippen molar-refractivity contribution in [3.05, 3.63) is 12.3 Å². The Morgan fingerprint density at radius 1 is 1.19 bits per heavy atom. The SMILES string of the molecule is C=C(CC1CC1)N(C)NC(NC(N)=NC1CCC(N2CCC2)CC1)C(C)C. The average Bonchev–Trinajstić information content (AvgIpc) is 3.38.